The first kappa shape index (κ1) is 12.7. The second-order valence-corrected chi connectivity index (χ2v) is 3.77. The predicted molar refractivity (Wildman–Crippen MR) is 67.4 cm³/mol. The van der Waals surface area contributed by atoms with E-state index in [4.69, 9.17) is 0 Å². The summed E-state index contributed by atoms with van der Waals surface area (Å²) in [6.45, 7) is 0. The molecule has 0 fully saturated rings. The van der Waals surface area contributed by atoms with E-state index in [0.717, 1.165) is 0 Å². The lowest BCUT2D eigenvalue weighted by Crippen LogP contribution is -2.11. The highest BCUT2D eigenvalue weighted by atomic mass is 19.1. The summed E-state index contributed by atoms with van der Waals surface area (Å²) in [5.74, 6) is -0.896. The quantitative estimate of drug-likeness (QED) is 0.681. The molecular weight excluding hydrogens is 251 g/mol. The number of carbonyl (C=O) groups excluding carboxylic acids is 1. The van der Waals surface area contributed by atoms with Crippen LogP contribution in [0.25, 0.3) is 0 Å². The van der Waals surface area contributed by atoms with Crippen molar-refractivity contribution < 1.29 is 14.1 Å². The molecule has 19 heavy (non-hydrogen) atoms. The molecule has 2 aromatic carbocycles. The van der Waals surface area contributed by atoms with E-state index in [0.29, 0.717) is 5.69 Å². The van der Waals surface area contributed by atoms with Crippen molar-refractivity contribution in [3.63, 3.8) is 0 Å². The van der Waals surface area contributed by atoms with Crippen molar-refractivity contribution >= 4 is 17.3 Å². The molecule has 1 N–H and O–H groups in total. The summed E-state index contributed by atoms with van der Waals surface area (Å²) in [6, 6.07) is 10.6. The fourth-order valence-electron chi connectivity index (χ4n) is 1.50. The van der Waals surface area contributed by atoms with Gasteiger partial charge in [-0.05, 0) is 30.3 Å². The van der Waals surface area contributed by atoms with Gasteiger partial charge in [0.1, 0.15) is 5.82 Å². The Morgan fingerprint density at radius 1 is 1.16 bits per heavy atom. The highest BCUT2D eigenvalue weighted by molar-refractivity contribution is 6.04. The molecular formula is C13H9FN2O3. The zero-order valence-electron chi connectivity index (χ0n) is 9.67. The van der Waals surface area contributed by atoms with Gasteiger partial charge in [0.05, 0.1) is 4.92 Å². The number of halogens is 1. The molecule has 2 rings (SSSR count). The molecule has 0 atom stereocenters. The van der Waals surface area contributed by atoms with Crippen molar-refractivity contribution in [3.05, 3.63) is 70.0 Å². The van der Waals surface area contributed by atoms with Crippen molar-refractivity contribution in [1.82, 2.24) is 0 Å². The molecule has 0 aliphatic carbocycles. The van der Waals surface area contributed by atoms with Crippen molar-refractivity contribution in [2.45, 2.75) is 0 Å². The lowest BCUT2D eigenvalue weighted by atomic mass is 10.2. The van der Waals surface area contributed by atoms with Crippen LogP contribution in [0.1, 0.15) is 10.4 Å². The number of nitro benzene ring substituents is 1. The highest BCUT2D eigenvalue weighted by Gasteiger charge is 2.09. The molecule has 0 aromatic heterocycles. The smallest absolute Gasteiger partial charge is 0.271 e. The van der Waals surface area contributed by atoms with E-state index in [1.165, 1.54) is 48.5 Å². The van der Waals surface area contributed by atoms with Crippen LogP contribution in [-0.2, 0) is 0 Å². The van der Waals surface area contributed by atoms with E-state index >= 15 is 0 Å². The molecule has 2 aromatic rings. The molecule has 96 valence electrons. The molecule has 0 unspecified atom stereocenters. The van der Waals surface area contributed by atoms with E-state index in [2.05, 4.69) is 5.32 Å². The predicted octanol–water partition coefficient (Wildman–Crippen LogP) is 2.99. The Bertz CT molecular complexity index is 626. The number of benzene rings is 2. The monoisotopic (exact) mass is 260 g/mol. The summed E-state index contributed by atoms with van der Waals surface area (Å²) < 4.78 is 12.7. The lowest BCUT2D eigenvalue weighted by molar-refractivity contribution is -0.384. The van der Waals surface area contributed by atoms with E-state index in [9.17, 15) is 19.3 Å². The summed E-state index contributed by atoms with van der Waals surface area (Å²) >= 11 is 0. The van der Waals surface area contributed by atoms with Crippen LogP contribution in [0.15, 0.2) is 48.5 Å². The van der Waals surface area contributed by atoms with Crippen molar-refractivity contribution in [1.29, 1.82) is 0 Å². The first-order chi connectivity index (χ1) is 9.06. The van der Waals surface area contributed by atoms with Gasteiger partial charge in [-0.3, -0.25) is 14.9 Å². The van der Waals surface area contributed by atoms with Crippen LogP contribution in [0.2, 0.25) is 0 Å². The van der Waals surface area contributed by atoms with E-state index in [-0.39, 0.29) is 11.3 Å². The summed E-state index contributed by atoms with van der Waals surface area (Å²) in [5, 5.41) is 13.1. The fraction of sp³-hybridized carbons (Fsp3) is 0. The third-order valence-corrected chi connectivity index (χ3v) is 2.42. The highest BCUT2D eigenvalue weighted by Crippen LogP contribution is 2.17. The van der Waals surface area contributed by atoms with Gasteiger partial charge in [0.2, 0.25) is 0 Å². The van der Waals surface area contributed by atoms with Gasteiger partial charge in [-0.2, -0.15) is 0 Å². The molecule has 6 heteroatoms. The van der Waals surface area contributed by atoms with Crippen molar-refractivity contribution in [3.8, 4) is 0 Å². The summed E-state index contributed by atoms with van der Waals surface area (Å²) in [7, 11) is 0. The SMILES string of the molecule is O=C(Nc1cccc([N+](=O)[O-])c1)c1ccc(F)cc1. The second-order valence-electron chi connectivity index (χ2n) is 3.77. The molecule has 0 saturated heterocycles. The number of nitro groups is 1. The number of nitrogens with zero attached hydrogens (tertiary/aromatic N) is 1. The van der Waals surface area contributed by atoms with Gasteiger partial charge >= 0.3 is 0 Å². The zero-order chi connectivity index (χ0) is 13.8. The zero-order valence-corrected chi connectivity index (χ0v) is 9.67. The average Bonchev–Trinajstić information content (AvgIpc) is 2.39. The molecule has 0 aliphatic heterocycles. The number of carbonyl (C=O) groups is 1. The fourth-order valence-corrected chi connectivity index (χ4v) is 1.50. The van der Waals surface area contributed by atoms with Crippen molar-refractivity contribution in [2.24, 2.45) is 0 Å². The van der Waals surface area contributed by atoms with E-state index < -0.39 is 16.6 Å². The minimum atomic E-state index is -0.548. The van der Waals surface area contributed by atoms with Crippen LogP contribution in [0.4, 0.5) is 15.8 Å². The maximum Gasteiger partial charge on any atom is 0.271 e. The Morgan fingerprint density at radius 2 is 1.84 bits per heavy atom. The van der Waals surface area contributed by atoms with Gasteiger partial charge < -0.3 is 5.32 Å². The molecule has 0 bridgehead atoms. The molecule has 0 radical (unpaired) electrons. The lowest BCUT2D eigenvalue weighted by Gasteiger charge is -2.04. The minimum absolute atomic E-state index is 0.114. The normalized spacial score (nSPS) is 9.95. The van der Waals surface area contributed by atoms with Crippen LogP contribution < -0.4 is 5.32 Å². The third-order valence-electron chi connectivity index (χ3n) is 2.42. The second kappa shape index (κ2) is 5.26. The Hall–Kier alpha value is -2.76. The number of rotatable bonds is 3. The number of amides is 1. The van der Waals surface area contributed by atoms with E-state index in [1.807, 2.05) is 0 Å². The van der Waals surface area contributed by atoms with Gasteiger partial charge in [0.15, 0.2) is 0 Å². The van der Waals surface area contributed by atoms with Crippen LogP contribution in [0, 0.1) is 15.9 Å². The Kier molecular flexibility index (Phi) is 3.51. The maximum atomic E-state index is 12.7. The average molecular weight is 260 g/mol. The number of nitrogens with one attached hydrogen (secondary N) is 1. The van der Waals surface area contributed by atoms with Crippen LogP contribution in [0.5, 0.6) is 0 Å². The summed E-state index contributed by atoms with van der Waals surface area (Å²) in [6.07, 6.45) is 0. The summed E-state index contributed by atoms with van der Waals surface area (Å²) in [4.78, 5) is 21.9. The molecule has 0 aliphatic rings. The van der Waals surface area contributed by atoms with E-state index in [1.54, 1.807) is 0 Å². The Balaban J connectivity index is 2.17. The minimum Gasteiger partial charge on any atom is -0.322 e. The standard InChI is InChI=1S/C13H9FN2O3/c14-10-6-4-9(5-7-10)13(17)15-11-2-1-3-12(8-11)16(18)19/h1-8H,(H,15,17). The van der Waals surface area contributed by atoms with Crippen LogP contribution >= 0.6 is 0 Å². The molecule has 1 amide bonds. The topological polar surface area (TPSA) is 72.2 Å². The Labute approximate surface area is 107 Å². The van der Waals surface area contributed by atoms with Gasteiger partial charge in [0.25, 0.3) is 11.6 Å². The van der Waals surface area contributed by atoms with Gasteiger partial charge in [-0.25, -0.2) is 4.39 Å². The first-order valence-corrected chi connectivity index (χ1v) is 5.37. The number of hydrogen-bond donors (Lipinski definition) is 1. The summed E-state index contributed by atoms with van der Waals surface area (Å²) in [5.41, 5.74) is 0.466. The number of anilines is 1. The van der Waals surface area contributed by atoms with Gasteiger partial charge in [-0.1, -0.05) is 6.07 Å². The van der Waals surface area contributed by atoms with Gasteiger partial charge in [0, 0.05) is 23.4 Å². The molecule has 0 spiro atoms. The van der Waals surface area contributed by atoms with Crippen LogP contribution in [-0.4, -0.2) is 10.8 Å². The number of hydrogen-bond acceptors (Lipinski definition) is 3. The van der Waals surface area contributed by atoms with Crippen LogP contribution in [0.3, 0.4) is 0 Å². The molecule has 0 saturated carbocycles. The first-order valence-electron chi connectivity index (χ1n) is 5.37. The van der Waals surface area contributed by atoms with Gasteiger partial charge in [-0.15, -0.1) is 0 Å². The third kappa shape index (κ3) is 3.12. The van der Waals surface area contributed by atoms with Crippen molar-refractivity contribution in [2.75, 3.05) is 5.32 Å². The molecule has 0 heterocycles. The largest absolute Gasteiger partial charge is 0.322 e. The number of non-ortho nitro benzene ring substituents is 1. The Morgan fingerprint density at radius 3 is 2.47 bits per heavy atom. The maximum absolute atomic E-state index is 12.7. The molecule has 5 nitrogen and oxygen atoms in total.